The minimum atomic E-state index is 0.636. The number of ether oxygens (including phenoxy) is 1. The summed E-state index contributed by atoms with van der Waals surface area (Å²) in [4.78, 5) is 8.54. The third-order valence-corrected chi connectivity index (χ3v) is 3.96. The molecule has 0 spiro atoms. The molecule has 1 rings (SSSR count). The molecule has 1 aromatic carbocycles. The molecule has 0 unspecified atom stereocenters. The summed E-state index contributed by atoms with van der Waals surface area (Å²) < 4.78 is 5.30. The summed E-state index contributed by atoms with van der Waals surface area (Å²) in [6.07, 6.45) is 14.9. The number of nitrogens with zero attached hydrogens (tertiary/aromatic N) is 2. The topological polar surface area (TPSA) is 72.0 Å². The van der Waals surface area contributed by atoms with Crippen LogP contribution in [0.25, 0.3) is 5.57 Å². The monoisotopic (exact) mass is 394 g/mol. The highest BCUT2D eigenvalue weighted by atomic mass is 16.5. The molecule has 0 bridgehead atoms. The van der Waals surface area contributed by atoms with Gasteiger partial charge in [-0.25, -0.2) is 0 Å². The third kappa shape index (κ3) is 10.1. The van der Waals surface area contributed by atoms with Crippen LogP contribution in [0.2, 0.25) is 0 Å². The lowest BCUT2D eigenvalue weighted by molar-refractivity contribution is 0.270. The van der Waals surface area contributed by atoms with Gasteiger partial charge in [-0.15, -0.1) is 0 Å². The van der Waals surface area contributed by atoms with Crippen molar-refractivity contribution in [1.82, 2.24) is 5.32 Å². The summed E-state index contributed by atoms with van der Waals surface area (Å²) in [6.45, 7) is 7.49. The van der Waals surface area contributed by atoms with E-state index in [1.807, 2.05) is 44.3 Å². The average Bonchev–Trinajstić information content (AvgIpc) is 2.74. The minimum absolute atomic E-state index is 0.636. The predicted molar refractivity (Wildman–Crippen MR) is 126 cm³/mol. The number of allylic oxidation sites excluding steroid dienone is 5. The van der Waals surface area contributed by atoms with Gasteiger partial charge in [-0.3, -0.25) is 9.98 Å². The van der Waals surface area contributed by atoms with Crippen LogP contribution in [0.15, 0.2) is 76.8 Å². The van der Waals surface area contributed by atoms with Gasteiger partial charge in [0.2, 0.25) is 0 Å². The van der Waals surface area contributed by atoms with Gasteiger partial charge >= 0.3 is 0 Å². The maximum atomic E-state index is 5.67. The number of nitrogens with one attached hydrogen (secondary N) is 1. The molecule has 29 heavy (non-hydrogen) atoms. The standard InChI is InChI=1S/C24H34N4O/c1-5-7-8-14-27-24(13-15-29-6-2)16-20(3)28-18-21-9-11-22(12-10-21)23(17-25)19-26-4/h8-17,19,28H,5-7,18,25H2,1-4H3/b14-8+,15-13+,20-16+,23-17?,26-19?,27-24?. The lowest BCUT2D eigenvalue weighted by Gasteiger charge is -2.08. The quantitative estimate of drug-likeness (QED) is 0.388. The van der Waals surface area contributed by atoms with Crippen LogP contribution < -0.4 is 11.1 Å². The van der Waals surface area contributed by atoms with Crippen molar-refractivity contribution in [3.05, 3.63) is 78.0 Å². The Morgan fingerprint density at radius 1 is 1.21 bits per heavy atom. The summed E-state index contributed by atoms with van der Waals surface area (Å²) in [5, 5.41) is 3.43. The van der Waals surface area contributed by atoms with Crippen molar-refractivity contribution < 1.29 is 4.74 Å². The Kier molecular flexibility index (Phi) is 12.3. The Bertz CT molecular complexity index is 769. The number of hydrogen-bond acceptors (Lipinski definition) is 5. The average molecular weight is 395 g/mol. The van der Waals surface area contributed by atoms with E-state index >= 15 is 0 Å². The molecule has 0 aliphatic rings. The SMILES string of the molecule is CCC/C=C/N=C(/C=C/OCC)/C=C(\C)NCc1ccc(C(C=NC)=CN)cc1. The fourth-order valence-electron chi connectivity index (χ4n) is 2.40. The number of hydrogen-bond donors (Lipinski definition) is 2. The van der Waals surface area contributed by atoms with Crippen molar-refractivity contribution in [2.45, 2.75) is 40.2 Å². The molecule has 0 heterocycles. The smallest absolute Gasteiger partial charge is 0.0850 e. The van der Waals surface area contributed by atoms with Gasteiger partial charge in [0.15, 0.2) is 0 Å². The lowest BCUT2D eigenvalue weighted by atomic mass is 10.1. The molecule has 0 aromatic heterocycles. The summed E-state index contributed by atoms with van der Waals surface area (Å²) in [5.74, 6) is 0. The Balaban J connectivity index is 2.78. The molecule has 0 aliphatic heterocycles. The highest BCUT2D eigenvalue weighted by Crippen LogP contribution is 2.13. The lowest BCUT2D eigenvalue weighted by Crippen LogP contribution is -2.11. The molecule has 0 fully saturated rings. The van der Waals surface area contributed by atoms with E-state index in [2.05, 4.69) is 40.4 Å². The molecule has 3 N–H and O–H groups in total. The Hall–Kier alpha value is -3.08. The summed E-state index contributed by atoms with van der Waals surface area (Å²) in [6, 6.07) is 8.26. The van der Waals surface area contributed by atoms with Crippen LogP contribution in [0, 0.1) is 0 Å². The van der Waals surface area contributed by atoms with Crippen molar-refractivity contribution in [3.8, 4) is 0 Å². The largest absolute Gasteiger partial charge is 0.501 e. The van der Waals surface area contributed by atoms with E-state index in [9.17, 15) is 0 Å². The highest BCUT2D eigenvalue weighted by molar-refractivity contribution is 6.09. The molecular formula is C24H34N4O. The maximum absolute atomic E-state index is 5.67. The van der Waals surface area contributed by atoms with Gasteiger partial charge in [0.25, 0.3) is 0 Å². The van der Waals surface area contributed by atoms with Crippen molar-refractivity contribution >= 4 is 17.5 Å². The van der Waals surface area contributed by atoms with Gasteiger partial charge in [0.05, 0.1) is 18.6 Å². The molecular weight excluding hydrogens is 360 g/mol. The molecule has 0 saturated carbocycles. The second kappa shape index (κ2) is 14.9. The third-order valence-electron chi connectivity index (χ3n) is 3.96. The van der Waals surface area contributed by atoms with Crippen LogP contribution in [-0.4, -0.2) is 25.6 Å². The summed E-state index contributed by atoms with van der Waals surface area (Å²) >= 11 is 0. The first-order valence-electron chi connectivity index (χ1n) is 10.0. The Morgan fingerprint density at radius 3 is 2.59 bits per heavy atom. The van der Waals surface area contributed by atoms with Gasteiger partial charge in [0.1, 0.15) is 0 Å². The molecule has 0 saturated heterocycles. The number of nitrogens with two attached hydrogens (primary N) is 1. The van der Waals surface area contributed by atoms with Crippen molar-refractivity contribution in [1.29, 1.82) is 0 Å². The molecule has 5 nitrogen and oxygen atoms in total. The van der Waals surface area contributed by atoms with Crippen LogP contribution in [0.5, 0.6) is 0 Å². The Morgan fingerprint density at radius 2 is 1.97 bits per heavy atom. The van der Waals surface area contributed by atoms with Crippen molar-refractivity contribution in [3.63, 3.8) is 0 Å². The van der Waals surface area contributed by atoms with Gasteiger partial charge in [-0.1, -0.05) is 43.7 Å². The van der Waals surface area contributed by atoms with E-state index in [-0.39, 0.29) is 0 Å². The van der Waals surface area contributed by atoms with Crippen LogP contribution in [0.1, 0.15) is 44.7 Å². The first-order chi connectivity index (χ1) is 14.1. The zero-order valence-corrected chi connectivity index (χ0v) is 18.1. The first kappa shape index (κ1) is 24.0. The predicted octanol–water partition coefficient (Wildman–Crippen LogP) is 4.99. The van der Waals surface area contributed by atoms with Crippen LogP contribution in [0.4, 0.5) is 0 Å². The van der Waals surface area contributed by atoms with E-state index in [1.165, 1.54) is 5.56 Å². The van der Waals surface area contributed by atoms with Gasteiger partial charge < -0.3 is 15.8 Å². The number of rotatable bonds is 12. The van der Waals surface area contributed by atoms with Crippen LogP contribution in [0.3, 0.4) is 0 Å². The van der Waals surface area contributed by atoms with E-state index in [1.54, 1.807) is 25.7 Å². The molecule has 156 valence electrons. The van der Waals surface area contributed by atoms with Gasteiger partial charge in [-0.05, 0) is 43.5 Å². The molecule has 5 heteroatoms. The maximum Gasteiger partial charge on any atom is 0.0850 e. The molecule has 0 amide bonds. The zero-order valence-electron chi connectivity index (χ0n) is 18.1. The molecule has 0 aliphatic carbocycles. The van der Waals surface area contributed by atoms with Crippen LogP contribution >= 0.6 is 0 Å². The van der Waals surface area contributed by atoms with E-state index in [4.69, 9.17) is 10.5 Å². The van der Waals surface area contributed by atoms with Gasteiger partial charge in [-0.2, -0.15) is 0 Å². The fourth-order valence-corrected chi connectivity index (χ4v) is 2.40. The van der Waals surface area contributed by atoms with Gasteiger partial charge in [0, 0.05) is 43.5 Å². The van der Waals surface area contributed by atoms with Crippen molar-refractivity contribution in [2.75, 3.05) is 13.7 Å². The second-order valence-electron chi connectivity index (χ2n) is 6.37. The van der Waals surface area contributed by atoms with E-state index in [0.29, 0.717) is 6.61 Å². The molecule has 0 radical (unpaired) electrons. The minimum Gasteiger partial charge on any atom is -0.501 e. The van der Waals surface area contributed by atoms with Crippen LogP contribution in [-0.2, 0) is 11.3 Å². The number of aliphatic imine (C=N–C) groups is 2. The highest BCUT2D eigenvalue weighted by Gasteiger charge is 2.00. The Labute approximate surface area is 175 Å². The summed E-state index contributed by atoms with van der Waals surface area (Å²) in [5.41, 5.74) is 10.7. The first-order valence-corrected chi connectivity index (χ1v) is 10.0. The van der Waals surface area contributed by atoms with Crippen molar-refractivity contribution in [2.24, 2.45) is 15.7 Å². The number of unbranched alkanes of at least 4 members (excludes halogenated alkanes) is 1. The van der Waals surface area contributed by atoms with E-state index < -0.39 is 0 Å². The zero-order chi connectivity index (χ0) is 21.3. The summed E-state index contributed by atoms with van der Waals surface area (Å²) in [7, 11) is 1.73. The number of benzene rings is 1. The second-order valence-corrected chi connectivity index (χ2v) is 6.37. The molecule has 0 atom stereocenters. The molecule has 1 aromatic rings. The fraction of sp³-hybridized carbons (Fsp3) is 0.333. The van der Waals surface area contributed by atoms with E-state index in [0.717, 1.165) is 41.9 Å². The normalized spacial score (nSPS) is 13.7.